The van der Waals surface area contributed by atoms with E-state index >= 15 is 0 Å². The molecule has 0 spiro atoms. The summed E-state index contributed by atoms with van der Waals surface area (Å²) in [6.45, 7) is 14.3. The quantitative estimate of drug-likeness (QED) is 0.886. The minimum absolute atomic E-state index is 0.191. The zero-order chi connectivity index (χ0) is 16.4. The normalized spacial score (nSPS) is 10.5. The van der Waals surface area contributed by atoms with E-state index in [1.165, 1.54) is 6.33 Å². The molecule has 0 radical (unpaired) electrons. The van der Waals surface area contributed by atoms with Gasteiger partial charge in [-0.25, -0.2) is 9.67 Å². The van der Waals surface area contributed by atoms with Gasteiger partial charge in [0.2, 0.25) is 0 Å². The van der Waals surface area contributed by atoms with Gasteiger partial charge >= 0.3 is 0 Å². The molecule has 2 rings (SSSR count). The molecule has 0 amide bonds. The van der Waals surface area contributed by atoms with E-state index in [1.807, 2.05) is 26.8 Å². The molecular weight excluding hydrogens is 278 g/mol. The number of hydrogen-bond donors (Lipinski definition) is 2. The van der Waals surface area contributed by atoms with Crippen molar-refractivity contribution in [2.75, 3.05) is 4.90 Å². The first-order valence-corrected chi connectivity index (χ1v) is 6.99. The largest absolute Gasteiger partial charge is 0.508 e. The fourth-order valence-electron chi connectivity index (χ4n) is 2.44. The third kappa shape index (κ3) is 2.55. The minimum Gasteiger partial charge on any atom is -0.508 e. The van der Waals surface area contributed by atoms with Gasteiger partial charge in [-0.2, -0.15) is 5.10 Å². The van der Waals surface area contributed by atoms with Gasteiger partial charge in [-0.15, -0.1) is 0 Å². The zero-order valence-electron chi connectivity index (χ0n) is 13.2. The number of aromatic hydroxyl groups is 1. The average Bonchev–Trinajstić information content (AvgIpc) is 2.95. The van der Waals surface area contributed by atoms with Gasteiger partial charge in [0.15, 0.2) is 5.82 Å². The van der Waals surface area contributed by atoms with Crippen molar-refractivity contribution < 1.29 is 5.11 Å². The van der Waals surface area contributed by atoms with Crippen LogP contribution in [0.3, 0.4) is 0 Å². The topological polar surface area (TPSA) is 80.2 Å². The molecule has 1 aromatic heterocycles. The number of nitrogens with zero attached hydrogens (tertiary/aromatic N) is 4. The zero-order valence-corrected chi connectivity index (χ0v) is 13.2. The highest BCUT2D eigenvalue weighted by Gasteiger charge is 2.22. The smallest absolute Gasteiger partial charge is 0.174 e. The third-order valence-corrected chi connectivity index (χ3v) is 3.56. The molecule has 116 valence electrons. The maximum absolute atomic E-state index is 10.0. The van der Waals surface area contributed by atoms with Crippen LogP contribution in [0.4, 0.5) is 5.69 Å². The van der Waals surface area contributed by atoms with Crippen LogP contribution in [0.2, 0.25) is 0 Å². The Labute approximate surface area is 130 Å². The molecule has 6 nitrogen and oxygen atoms in total. The summed E-state index contributed by atoms with van der Waals surface area (Å²) in [4.78, 5) is 5.94. The van der Waals surface area contributed by atoms with E-state index in [1.54, 1.807) is 15.6 Å². The van der Waals surface area contributed by atoms with Crippen molar-refractivity contribution in [3.05, 3.63) is 54.4 Å². The second-order valence-electron chi connectivity index (χ2n) is 5.05. The van der Waals surface area contributed by atoms with Crippen LogP contribution in [-0.2, 0) is 6.54 Å². The summed E-state index contributed by atoms with van der Waals surface area (Å²) in [5.74, 6) is 1.10. The van der Waals surface area contributed by atoms with Crippen molar-refractivity contribution in [1.82, 2.24) is 14.8 Å². The van der Waals surface area contributed by atoms with Crippen molar-refractivity contribution >= 4 is 11.4 Å². The number of anilines is 1. The van der Waals surface area contributed by atoms with Crippen LogP contribution in [-0.4, -0.2) is 19.9 Å². The maximum atomic E-state index is 10.0. The molecule has 0 aliphatic heterocycles. The Morgan fingerprint density at radius 3 is 2.64 bits per heavy atom. The summed E-state index contributed by atoms with van der Waals surface area (Å²) in [6.07, 6.45) is 1.48. The number of phenols is 1. The lowest BCUT2D eigenvalue weighted by Gasteiger charge is -2.29. The molecule has 2 aromatic rings. The summed E-state index contributed by atoms with van der Waals surface area (Å²) in [7, 11) is 0. The molecule has 22 heavy (non-hydrogen) atoms. The first kappa shape index (κ1) is 15.6. The standard InChI is InChI=1S/C16H21N5O/c1-6-20-16(18-9-19-20)12(4)21(13(5)17)15-10(2)7-8-14(22)11(15)3/h7-9,22H,4-6,17H2,1-3H3. The Bertz CT molecular complexity index is 732. The summed E-state index contributed by atoms with van der Waals surface area (Å²) in [5, 5.41) is 14.2. The lowest BCUT2D eigenvalue weighted by molar-refractivity contribution is 0.471. The van der Waals surface area contributed by atoms with E-state index < -0.39 is 0 Å². The highest BCUT2D eigenvalue weighted by atomic mass is 16.3. The SMILES string of the molecule is C=C(N)N(C(=C)c1ncnn1CC)c1c(C)ccc(O)c1C. The molecule has 1 heterocycles. The maximum Gasteiger partial charge on any atom is 0.174 e. The van der Waals surface area contributed by atoms with Crippen LogP contribution in [0.25, 0.3) is 5.70 Å². The lowest BCUT2D eigenvalue weighted by atomic mass is 10.1. The first-order chi connectivity index (χ1) is 10.4. The molecule has 0 atom stereocenters. The van der Waals surface area contributed by atoms with Crippen LogP contribution < -0.4 is 10.6 Å². The molecule has 0 saturated heterocycles. The van der Waals surface area contributed by atoms with Crippen molar-refractivity contribution in [1.29, 1.82) is 0 Å². The number of hydrogen-bond acceptors (Lipinski definition) is 5. The van der Waals surface area contributed by atoms with Gasteiger partial charge in [-0.3, -0.25) is 4.90 Å². The van der Waals surface area contributed by atoms with Crippen molar-refractivity contribution in [2.45, 2.75) is 27.3 Å². The van der Waals surface area contributed by atoms with E-state index in [2.05, 4.69) is 23.2 Å². The molecule has 3 N–H and O–H groups in total. The molecule has 0 bridgehead atoms. The molecule has 0 aliphatic carbocycles. The van der Waals surface area contributed by atoms with Gasteiger partial charge in [0.05, 0.1) is 11.4 Å². The van der Waals surface area contributed by atoms with E-state index in [0.717, 1.165) is 11.3 Å². The number of aromatic nitrogens is 3. The fraction of sp³-hybridized carbons (Fsp3) is 0.250. The minimum atomic E-state index is 0.191. The van der Waals surface area contributed by atoms with Crippen LogP contribution in [0.15, 0.2) is 37.4 Å². The highest BCUT2D eigenvalue weighted by Crippen LogP contribution is 2.36. The second kappa shape index (κ2) is 5.93. The Morgan fingerprint density at radius 2 is 2.05 bits per heavy atom. The van der Waals surface area contributed by atoms with Gasteiger partial charge in [-0.05, 0) is 32.4 Å². The summed E-state index contributed by atoms with van der Waals surface area (Å²) >= 11 is 0. The third-order valence-electron chi connectivity index (χ3n) is 3.56. The van der Waals surface area contributed by atoms with E-state index in [-0.39, 0.29) is 5.75 Å². The van der Waals surface area contributed by atoms with E-state index in [4.69, 9.17) is 5.73 Å². The predicted octanol–water partition coefficient (Wildman–Crippen LogP) is 2.53. The summed E-state index contributed by atoms with van der Waals surface area (Å²) in [6, 6.07) is 3.48. The fourth-order valence-corrected chi connectivity index (χ4v) is 2.44. The van der Waals surface area contributed by atoms with Gasteiger partial charge in [-0.1, -0.05) is 19.2 Å². The van der Waals surface area contributed by atoms with E-state index in [0.29, 0.717) is 29.5 Å². The number of phenolic OH excluding ortho intramolecular Hbond substituents is 1. The predicted molar refractivity (Wildman–Crippen MR) is 88.1 cm³/mol. The Balaban J connectivity index is 2.60. The summed E-state index contributed by atoms with van der Waals surface area (Å²) < 4.78 is 1.73. The molecule has 0 saturated carbocycles. The van der Waals surface area contributed by atoms with Gasteiger partial charge in [0.25, 0.3) is 0 Å². The Hall–Kier alpha value is -2.76. The van der Waals surface area contributed by atoms with E-state index in [9.17, 15) is 5.11 Å². The molecule has 1 aromatic carbocycles. The average molecular weight is 299 g/mol. The number of rotatable bonds is 5. The molecular formula is C16H21N5O. The van der Waals surface area contributed by atoms with Crippen molar-refractivity contribution in [3.8, 4) is 5.75 Å². The number of nitrogens with two attached hydrogens (primary N) is 1. The summed E-state index contributed by atoms with van der Waals surface area (Å²) in [5.41, 5.74) is 8.95. The van der Waals surface area contributed by atoms with Crippen molar-refractivity contribution in [2.24, 2.45) is 5.73 Å². The molecule has 0 unspecified atom stereocenters. The Morgan fingerprint density at radius 1 is 1.36 bits per heavy atom. The van der Waals surface area contributed by atoms with Crippen LogP contribution in [0.1, 0.15) is 23.9 Å². The van der Waals surface area contributed by atoms with Gasteiger partial charge in [0, 0.05) is 12.1 Å². The highest BCUT2D eigenvalue weighted by molar-refractivity contribution is 5.82. The van der Waals surface area contributed by atoms with Crippen LogP contribution in [0, 0.1) is 13.8 Å². The van der Waals surface area contributed by atoms with Gasteiger partial charge in [0.1, 0.15) is 17.9 Å². The second-order valence-corrected chi connectivity index (χ2v) is 5.05. The van der Waals surface area contributed by atoms with Crippen LogP contribution in [0.5, 0.6) is 5.75 Å². The van der Waals surface area contributed by atoms with Crippen molar-refractivity contribution in [3.63, 3.8) is 0 Å². The molecule has 6 heteroatoms. The monoisotopic (exact) mass is 299 g/mol. The van der Waals surface area contributed by atoms with Crippen LogP contribution >= 0.6 is 0 Å². The van der Waals surface area contributed by atoms with Gasteiger partial charge < -0.3 is 10.8 Å². The molecule has 0 aliphatic rings. The first-order valence-electron chi connectivity index (χ1n) is 6.99. The lowest BCUT2D eigenvalue weighted by Crippen LogP contribution is -2.28. The Kier molecular flexibility index (Phi) is 4.21. The number of aryl methyl sites for hydroxylation is 2. The molecule has 0 fully saturated rings. The number of benzene rings is 1.